The maximum Gasteiger partial charge on any atom is 0.270 e. The van der Waals surface area contributed by atoms with Crippen LogP contribution in [-0.4, -0.2) is 70.7 Å². The van der Waals surface area contributed by atoms with Gasteiger partial charge in [-0.05, 0) is 35.2 Å². The average molecular weight is 507 g/mol. The van der Waals surface area contributed by atoms with Gasteiger partial charge < -0.3 is 25.4 Å². The highest BCUT2D eigenvalue weighted by Crippen LogP contribution is 2.28. The first-order valence-electron chi connectivity index (χ1n) is 11.6. The van der Waals surface area contributed by atoms with Crippen molar-refractivity contribution in [3.8, 4) is 11.3 Å². The van der Waals surface area contributed by atoms with Gasteiger partial charge in [-0.3, -0.25) is 14.0 Å². The topological polar surface area (TPSA) is 121 Å². The van der Waals surface area contributed by atoms with E-state index in [1.54, 1.807) is 28.9 Å². The molecule has 0 spiro atoms. The third kappa shape index (κ3) is 4.94. The number of carbonyl (C=O) groups is 2. The molecule has 3 N–H and O–H groups in total. The lowest BCUT2D eigenvalue weighted by molar-refractivity contribution is 0.0934. The largest absolute Gasteiger partial charge is 0.395 e. The summed E-state index contributed by atoms with van der Waals surface area (Å²) in [4.78, 5) is 37.5. The van der Waals surface area contributed by atoms with Gasteiger partial charge >= 0.3 is 0 Å². The highest BCUT2D eigenvalue weighted by Gasteiger charge is 2.24. The number of imidazole rings is 1. The molecule has 0 aliphatic carbocycles. The van der Waals surface area contributed by atoms with Crippen molar-refractivity contribution in [2.75, 3.05) is 44.4 Å². The van der Waals surface area contributed by atoms with Gasteiger partial charge in [-0.2, -0.15) is 11.3 Å². The third-order valence-electron chi connectivity index (χ3n) is 5.90. The first kappa shape index (κ1) is 23.9. The van der Waals surface area contributed by atoms with Crippen LogP contribution in [0.2, 0.25) is 0 Å². The van der Waals surface area contributed by atoms with E-state index in [0.717, 1.165) is 30.0 Å². The van der Waals surface area contributed by atoms with Crippen LogP contribution in [0.1, 0.15) is 26.4 Å². The summed E-state index contributed by atoms with van der Waals surface area (Å²) in [6.45, 7) is 3.25. The number of carbonyl (C=O) groups excluding carboxylic acids is 2. The maximum absolute atomic E-state index is 13.2. The summed E-state index contributed by atoms with van der Waals surface area (Å²) in [5.74, 6) is 0.215. The highest BCUT2D eigenvalue weighted by molar-refractivity contribution is 7.08. The SMILES string of the molecule is O=C(NCc1ccc(N2CCOCC2)nc1)c1cccn2c(C(=O)NCCO)c(-c3ccsc3)nc12. The van der Waals surface area contributed by atoms with Gasteiger partial charge in [-0.15, -0.1) is 0 Å². The number of fused-ring (bicyclic) bond motifs is 1. The second kappa shape index (κ2) is 10.9. The Labute approximate surface area is 211 Å². The molecule has 4 aromatic rings. The number of pyridine rings is 2. The number of thiophene rings is 1. The monoisotopic (exact) mass is 506 g/mol. The average Bonchev–Trinajstić information content (AvgIpc) is 3.59. The van der Waals surface area contributed by atoms with Gasteiger partial charge in [0.2, 0.25) is 0 Å². The molecule has 0 aromatic carbocycles. The maximum atomic E-state index is 13.2. The Morgan fingerprint density at radius 2 is 1.97 bits per heavy atom. The van der Waals surface area contributed by atoms with E-state index >= 15 is 0 Å². The van der Waals surface area contributed by atoms with Crippen LogP contribution in [0.3, 0.4) is 0 Å². The predicted octanol–water partition coefficient (Wildman–Crippen LogP) is 1.95. The van der Waals surface area contributed by atoms with Crippen molar-refractivity contribution in [2.24, 2.45) is 0 Å². The molecule has 186 valence electrons. The minimum absolute atomic E-state index is 0.119. The van der Waals surface area contributed by atoms with E-state index in [1.165, 1.54) is 11.3 Å². The zero-order chi connectivity index (χ0) is 24.9. The van der Waals surface area contributed by atoms with Crippen LogP contribution in [0.15, 0.2) is 53.5 Å². The zero-order valence-electron chi connectivity index (χ0n) is 19.5. The predicted molar refractivity (Wildman–Crippen MR) is 136 cm³/mol. The molecule has 5 rings (SSSR count). The lowest BCUT2D eigenvalue weighted by Gasteiger charge is -2.27. The van der Waals surface area contributed by atoms with Gasteiger partial charge in [-0.1, -0.05) is 6.07 Å². The van der Waals surface area contributed by atoms with E-state index < -0.39 is 0 Å². The van der Waals surface area contributed by atoms with Gasteiger partial charge in [0.1, 0.15) is 17.2 Å². The second-order valence-corrected chi connectivity index (χ2v) is 9.00. The molecule has 0 atom stereocenters. The Morgan fingerprint density at radius 1 is 1.11 bits per heavy atom. The zero-order valence-corrected chi connectivity index (χ0v) is 20.3. The first-order chi connectivity index (χ1) is 17.7. The lowest BCUT2D eigenvalue weighted by Crippen LogP contribution is -2.36. The molecule has 5 heterocycles. The summed E-state index contributed by atoms with van der Waals surface area (Å²) in [6.07, 6.45) is 3.47. The molecule has 2 amide bonds. The fourth-order valence-electron chi connectivity index (χ4n) is 4.09. The van der Waals surface area contributed by atoms with Crippen molar-refractivity contribution in [1.82, 2.24) is 25.0 Å². The molecule has 0 radical (unpaired) electrons. The number of rotatable bonds is 8. The fourth-order valence-corrected chi connectivity index (χ4v) is 4.73. The smallest absolute Gasteiger partial charge is 0.270 e. The summed E-state index contributed by atoms with van der Waals surface area (Å²) in [5, 5.41) is 18.6. The van der Waals surface area contributed by atoms with Gasteiger partial charge in [-0.25, -0.2) is 9.97 Å². The molecular formula is C25H26N6O4S. The Bertz CT molecular complexity index is 1350. The Kier molecular flexibility index (Phi) is 7.21. The van der Waals surface area contributed by atoms with Crippen LogP contribution < -0.4 is 15.5 Å². The van der Waals surface area contributed by atoms with E-state index in [1.807, 2.05) is 29.0 Å². The normalized spacial score (nSPS) is 13.6. The van der Waals surface area contributed by atoms with E-state index in [9.17, 15) is 9.59 Å². The summed E-state index contributed by atoms with van der Waals surface area (Å²) in [5.41, 5.74) is 3.19. The summed E-state index contributed by atoms with van der Waals surface area (Å²) in [7, 11) is 0. The number of hydrogen-bond donors (Lipinski definition) is 3. The standard InChI is InChI=1S/C25H26N6O4S/c32-10-6-26-25(34)22-21(18-5-13-36-16-18)29-23-19(2-1-7-31(22)23)24(33)28-15-17-3-4-20(27-14-17)30-8-11-35-12-9-30/h1-5,7,13-14,16,32H,6,8-12,15H2,(H,26,34)(H,28,33). The van der Waals surface area contributed by atoms with Gasteiger partial charge in [0.15, 0.2) is 5.65 Å². The number of ether oxygens (including phenoxy) is 1. The Hall–Kier alpha value is -3.80. The van der Waals surface area contributed by atoms with Crippen molar-refractivity contribution in [2.45, 2.75) is 6.54 Å². The molecule has 36 heavy (non-hydrogen) atoms. The van der Waals surface area contributed by atoms with Gasteiger partial charge in [0.05, 0.1) is 25.4 Å². The van der Waals surface area contributed by atoms with Crippen LogP contribution >= 0.6 is 11.3 Å². The molecule has 1 aliphatic heterocycles. The van der Waals surface area contributed by atoms with Crippen molar-refractivity contribution < 1.29 is 19.4 Å². The number of morpholine rings is 1. The molecule has 0 saturated carbocycles. The van der Waals surface area contributed by atoms with E-state index in [0.29, 0.717) is 42.4 Å². The molecule has 4 aromatic heterocycles. The number of nitrogens with one attached hydrogen (secondary N) is 2. The molecule has 11 heteroatoms. The van der Waals surface area contributed by atoms with E-state index in [4.69, 9.17) is 9.84 Å². The number of anilines is 1. The number of aliphatic hydroxyl groups excluding tert-OH is 1. The Morgan fingerprint density at radius 3 is 2.69 bits per heavy atom. The molecule has 10 nitrogen and oxygen atoms in total. The third-order valence-corrected chi connectivity index (χ3v) is 6.58. The summed E-state index contributed by atoms with van der Waals surface area (Å²) < 4.78 is 7.01. The molecule has 1 aliphatic rings. The van der Waals surface area contributed by atoms with Crippen LogP contribution in [-0.2, 0) is 11.3 Å². The van der Waals surface area contributed by atoms with Crippen molar-refractivity contribution >= 4 is 34.6 Å². The molecular weight excluding hydrogens is 480 g/mol. The quantitative estimate of drug-likeness (QED) is 0.334. The minimum atomic E-state index is -0.373. The Balaban J connectivity index is 1.37. The van der Waals surface area contributed by atoms with Crippen LogP contribution in [0.5, 0.6) is 0 Å². The number of aliphatic hydroxyl groups is 1. The fraction of sp³-hybridized carbons (Fsp3) is 0.280. The molecule has 0 unspecified atom stereocenters. The lowest BCUT2D eigenvalue weighted by atomic mass is 10.2. The van der Waals surface area contributed by atoms with E-state index in [2.05, 4.69) is 25.5 Å². The molecule has 1 saturated heterocycles. The van der Waals surface area contributed by atoms with Crippen LogP contribution in [0, 0.1) is 0 Å². The number of hydrogen-bond acceptors (Lipinski definition) is 8. The van der Waals surface area contributed by atoms with Crippen molar-refractivity contribution in [3.05, 3.63) is 70.3 Å². The second-order valence-electron chi connectivity index (χ2n) is 8.22. The van der Waals surface area contributed by atoms with Crippen LogP contribution in [0.4, 0.5) is 5.82 Å². The van der Waals surface area contributed by atoms with Gasteiger partial charge in [0.25, 0.3) is 11.8 Å². The summed E-state index contributed by atoms with van der Waals surface area (Å²) in [6, 6.07) is 9.17. The van der Waals surface area contributed by atoms with Crippen molar-refractivity contribution in [1.29, 1.82) is 0 Å². The minimum Gasteiger partial charge on any atom is -0.395 e. The molecule has 0 bridgehead atoms. The number of nitrogens with zero attached hydrogens (tertiary/aromatic N) is 4. The molecule has 1 fully saturated rings. The highest BCUT2D eigenvalue weighted by atomic mass is 32.1. The van der Waals surface area contributed by atoms with Gasteiger partial charge in [0, 0.05) is 49.5 Å². The van der Waals surface area contributed by atoms with E-state index in [-0.39, 0.29) is 25.0 Å². The van der Waals surface area contributed by atoms with Crippen LogP contribution in [0.25, 0.3) is 16.9 Å². The van der Waals surface area contributed by atoms with Crippen molar-refractivity contribution in [3.63, 3.8) is 0 Å². The summed E-state index contributed by atoms with van der Waals surface area (Å²) >= 11 is 1.49. The number of amides is 2. The first-order valence-corrected chi connectivity index (χ1v) is 12.6. The number of aromatic nitrogens is 3.